The molecular weight excluding hydrogens is 262 g/mol. The maximum absolute atomic E-state index is 3.47. The van der Waals surface area contributed by atoms with Crippen LogP contribution in [0.3, 0.4) is 0 Å². The van der Waals surface area contributed by atoms with Gasteiger partial charge in [0, 0.05) is 11.9 Å². The third-order valence-corrected chi connectivity index (χ3v) is 3.36. The Balaban J connectivity index is 2.26. The highest BCUT2D eigenvalue weighted by Crippen LogP contribution is 2.06. The number of unbranched alkanes of at least 4 members (excludes halogenated alkanes) is 2. The Bertz CT molecular complexity index is 261. The second-order valence-electron chi connectivity index (χ2n) is 4.10. The van der Waals surface area contributed by atoms with Crippen LogP contribution in [-0.4, -0.2) is 23.3 Å². The minimum absolute atomic E-state index is 1.09. The van der Waals surface area contributed by atoms with Gasteiger partial charge in [-0.15, -0.1) is 0 Å². The van der Waals surface area contributed by atoms with Gasteiger partial charge in [0.15, 0.2) is 0 Å². The van der Waals surface area contributed by atoms with Gasteiger partial charge in [0.2, 0.25) is 0 Å². The van der Waals surface area contributed by atoms with E-state index in [-0.39, 0.29) is 0 Å². The molecule has 90 valence electrons. The molecule has 0 bridgehead atoms. The van der Waals surface area contributed by atoms with Gasteiger partial charge in [-0.1, -0.05) is 59.6 Å². The fraction of sp³-hybridized carbons (Fsp3) is 0.571. The molecule has 0 saturated heterocycles. The molecule has 0 aliphatic rings. The van der Waals surface area contributed by atoms with Gasteiger partial charge >= 0.3 is 0 Å². The summed E-state index contributed by atoms with van der Waals surface area (Å²) in [7, 11) is 0. The lowest BCUT2D eigenvalue weighted by Gasteiger charge is -2.20. The molecule has 0 N–H and O–H groups in total. The van der Waals surface area contributed by atoms with Crippen molar-refractivity contribution in [3.8, 4) is 0 Å². The molecule has 1 aromatic rings. The van der Waals surface area contributed by atoms with E-state index in [0.29, 0.717) is 0 Å². The van der Waals surface area contributed by atoms with E-state index in [1.165, 1.54) is 31.4 Å². The zero-order valence-corrected chi connectivity index (χ0v) is 11.7. The lowest BCUT2D eigenvalue weighted by molar-refractivity contribution is 0.273. The first-order valence-electron chi connectivity index (χ1n) is 6.19. The molecule has 16 heavy (non-hydrogen) atoms. The minimum Gasteiger partial charge on any atom is -0.299 e. The number of rotatable bonds is 8. The average molecular weight is 284 g/mol. The van der Waals surface area contributed by atoms with E-state index < -0.39 is 0 Å². The molecule has 0 spiro atoms. The minimum atomic E-state index is 1.09. The third kappa shape index (κ3) is 5.66. The molecule has 2 heteroatoms. The number of hydrogen-bond acceptors (Lipinski definition) is 1. The number of benzene rings is 1. The van der Waals surface area contributed by atoms with Crippen molar-refractivity contribution >= 4 is 15.9 Å². The lowest BCUT2D eigenvalue weighted by Crippen LogP contribution is -2.23. The van der Waals surface area contributed by atoms with Gasteiger partial charge in [-0.05, 0) is 31.5 Å². The largest absolute Gasteiger partial charge is 0.299 e. The first-order valence-corrected chi connectivity index (χ1v) is 7.31. The highest BCUT2D eigenvalue weighted by molar-refractivity contribution is 9.09. The van der Waals surface area contributed by atoms with E-state index in [1.807, 2.05) is 0 Å². The summed E-state index contributed by atoms with van der Waals surface area (Å²) < 4.78 is 0. The molecule has 0 saturated carbocycles. The zero-order chi connectivity index (χ0) is 11.6. The van der Waals surface area contributed by atoms with E-state index in [1.54, 1.807) is 0 Å². The predicted octanol–water partition coefficient (Wildman–Crippen LogP) is 4.07. The van der Waals surface area contributed by atoms with Crippen LogP contribution in [0.15, 0.2) is 30.3 Å². The molecule has 0 aliphatic heterocycles. The standard InChI is InChI=1S/C14H22BrN/c1-2-16(12-8-4-7-11-15)13-14-9-5-3-6-10-14/h3,5-6,9-10H,2,4,7-8,11-13H2,1H3. The summed E-state index contributed by atoms with van der Waals surface area (Å²) in [4.78, 5) is 2.52. The summed E-state index contributed by atoms with van der Waals surface area (Å²) in [6.45, 7) is 5.70. The fourth-order valence-electron chi connectivity index (χ4n) is 1.80. The van der Waals surface area contributed by atoms with Crippen molar-refractivity contribution in [2.75, 3.05) is 18.4 Å². The summed E-state index contributed by atoms with van der Waals surface area (Å²) in [5.41, 5.74) is 1.42. The fourth-order valence-corrected chi connectivity index (χ4v) is 2.19. The monoisotopic (exact) mass is 283 g/mol. The van der Waals surface area contributed by atoms with Gasteiger partial charge < -0.3 is 0 Å². The SMILES string of the molecule is CCN(CCCCCBr)Cc1ccccc1. The van der Waals surface area contributed by atoms with Crippen LogP contribution in [0, 0.1) is 0 Å². The molecule has 0 unspecified atom stereocenters. The maximum atomic E-state index is 3.47. The maximum Gasteiger partial charge on any atom is 0.0233 e. The van der Waals surface area contributed by atoms with Crippen molar-refractivity contribution in [3.05, 3.63) is 35.9 Å². The molecule has 0 fully saturated rings. The summed E-state index contributed by atoms with van der Waals surface area (Å²) >= 11 is 3.47. The smallest absolute Gasteiger partial charge is 0.0233 e. The van der Waals surface area contributed by atoms with E-state index in [2.05, 4.69) is 58.1 Å². The number of halogens is 1. The molecule has 1 rings (SSSR count). The third-order valence-electron chi connectivity index (χ3n) is 2.80. The van der Waals surface area contributed by atoms with Crippen LogP contribution in [0.2, 0.25) is 0 Å². The van der Waals surface area contributed by atoms with E-state index in [4.69, 9.17) is 0 Å². The van der Waals surface area contributed by atoms with Gasteiger partial charge in [-0.3, -0.25) is 4.90 Å². The Kier molecular flexibility index (Phi) is 7.52. The van der Waals surface area contributed by atoms with Crippen LogP contribution in [0.1, 0.15) is 31.7 Å². The Morgan fingerprint density at radius 3 is 2.44 bits per heavy atom. The molecule has 0 aromatic heterocycles. The van der Waals surface area contributed by atoms with Crippen LogP contribution < -0.4 is 0 Å². The van der Waals surface area contributed by atoms with E-state index >= 15 is 0 Å². The van der Waals surface area contributed by atoms with Crippen molar-refractivity contribution in [1.29, 1.82) is 0 Å². The van der Waals surface area contributed by atoms with Crippen molar-refractivity contribution < 1.29 is 0 Å². The topological polar surface area (TPSA) is 3.24 Å². The van der Waals surface area contributed by atoms with E-state index in [9.17, 15) is 0 Å². The summed E-state index contributed by atoms with van der Waals surface area (Å²) in [5.74, 6) is 0. The molecule has 0 heterocycles. The Morgan fingerprint density at radius 1 is 1.06 bits per heavy atom. The van der Waals surface area contributed by atoms with Gasteiger partial charge in [-0.25, -0.2) is 0 Å². The van der Waals surface area contributed by atoms with Gasteiger partial charge in [0.1, 0.15) is 0 Å². The van der Waals surface area contributed by atoms with Crippen molar-refractivity contribution in [2.45, 2.75) is 32.7 Å². The van der Waals surface area contributed by atoms with Crippen LogP contribution in [0.5, 0.6) is 0 Å². The van der Waals surface area contributed by atoms with Crippen LogP contribution >= 0.6 is 15.9 Å². The first kappa shape index (κ1) is 13.7. The predicted molar refractivity (Wildman–Crippen MR) is 75.0 cm³/mol. The normalized spacial score (nSPS) is 10.9. The quantitative estimate of drug-likeness (QED) is 0.513. The number of hydrogen-bond donors (Lipinski definition) is 0. The van der Waals surface area contributed by atoms with Gasteiger partial charge in [0.25, 0.3) is 0 Å². The molecule has 0 amide bonds. The van der Waals surface area contributed by atoms with Crippen LogP contribution in [0.4, 0.5) is 0 Å². The second kappa shape index (κ2) is 8.77. The Labute approximate surface area is 108 Å². The Morgan fingerprint density at radius 2 is 1.81 bits per heavy atom. The van der Waals surface area contributed by atoms with E-state index in [0.717, 1.165) is 18.4 Å². The Hall–Kier alpha value is -0.340. The van der Waals surface area contributed by atoms with Crippen molar-refractivity contribution in [1.82, 2.24) is 4.90 Å². The molecule has 0 radical (unpaired) electrons. The van der Waals surface area contributed by atoms with Gasteiger partial charge in [-0.2, -0.15) is 0 Å². The number of alkyl halides is 1. The van der Waals surface area contributed by atoms with Crippen LogP contribution in [0.25, 0.3) is 0 Å². The highest BCUT2D eigenvalue weighted by Gasteiger charge is 2.02. The summed E-state index contributed by atoms with van der Waals surface area (Å²) in [5, 5.41) is 1.14. The molecule has 1 nitrogen and oxygen atoms in total. The summed E-state index contributed by atoms with van der Waals surface area (Å²) in [6, 6.07) is 10.7. The molecule has 0 atom stereocenters. The van der Waals surface area contributed by atoms with Gasteiger partial charge in [0.05, 0.1) is 0 Å². The first-order chi connectivity index (χ1) is 7.86. The highest BCUT2D eigenvalue weighted by atomic mass is 79.9. The molecular formula is C14H22BrN. The average Bonchev–Trinajstić information content (AvgIpc) is 2.34. The second-order valence-corrected chi connectivity index (χ2v) is 4.90. The zero-order valence-electron chi connectivity index (χ0n) is 10.2. The lowest BCUT2D eigenvalue weighted by atomic mass is 10.2. The molecule has 1 aromatic carbocycles. The van der Waals surface area contributed by atoms with Crippen LogP contribution in [-0.2, 0) is 6.54 Å². The summed E-state index contributed by atoms with van der Waals surface area (Å²) in [6.07, 6.45) is 3.94. The number of nitrogens with zero attached hydrogens (tertiary/aromatic N) is 1. The molecule has 0 aliphatic carbocycles. The van der Waals surface area contributed by atoms with Crippen molar-refractivity contribution in [2.24, 2.45) is 0 Å². The van der Waals surface area contributed by atoms with Crippen molar-refractivity contribution in [3.63, 3.8) is 0 Å².